The van der Waals surface area contributed by atoms with E-state index in [0.717, 1.165) is 35.7 Å². The lowest BCUT2D eigenvalue weighted by molar-refractivity contribution is 0.446. The maximum absolute atomic E-state index is 5.65. The van der Waals surface area contributed by atoms with Gasteiger partial charge in [0.05, 0.1) is 17.0 Å². The quantitative estimate of drug-likeness (QED) is 0.634. The molecule has 0 fully saturated rings. The van der Waals surface area contributed by atoms with Crippen LogP contribution in [0.4, 0.5) is 0 Å². The van der Waals surface area contributed by atoms with Crippen molar-refractivity contribution in [3.8, 4) is 0 Å². The SMILES string of the molecule is CC(C)(C)c1csc(CC(CCc2ccco2)NN)n1. The van der Waals surface area contributed by atoms with Crippen LogP contribution < -0.4 is 11.3 Å². The van der Waals surface area contributed by atoms with Gasteiger partial charge >= 0.3 is 0 Å². The lowest BCUT2D eigenvalue weighted by Gasteiger charge is -2.15. The van der Waals surface area contributed by atoms with E-state index in [1.165, 1.54) is 0 Å². The molecule has 0 aromatic carbocycles. The first-order valence-corrected chi connectivity index (χ1v) is 7.80. The summed E-state index contributed by atoms with van der Waals surface area (Å²) in [5, 5.41) is 3.28. The Hall–Kier alpha value is -1.17. The average Bonchev–Trinajstić information content (AvgIpc) is 3.04. The molecular formula is C15H23N3OS. The predicted molar refractivity (Wildman–Crippen MR) is 82.7 cm³/mol. The number of aryl methyl sites for hydroxylation is 1. The molecule has 0 spiro atoms. The molecule has 0 bridgehead atoms. The molecule has 0 saturated heterocycles. The van der Waals surface area contributed by atoms with E-state index in [1.807, 2.05) is 12.1 Å². The number of thiazole rings is 1. The molecule has 0 aliphatic rings. The molecule has 20 heavy (non-hydrogen) atoms. The Balaban J connectivity index is 1.91. The van der Waals surface area contributed by atoms with Gasteiger partial charge in [0.15, 0.2) is 0 Å². The number of hydrazine groups is 1. The summed E-state index contributed by atoms with van der Waals surface area (Å²) in [4.78, 5) is 4.71. The van der Waals surface area contributed by atoms with E-state index < -0.39 is 0 Å². The van der Waals surface area contributed by atoms with E-state index in [1.54, 1.807) is 17.6 Å². The van der Waals surface area contributed by atoms with E-state index in [-0.39, 0.29) is 11.5 Å². The van der Waals surface area contributed by atoms with Crippen molar-refractivity contribution in [2.24, 2.45) is 5.84 Å². The van der Waals surface area contributed by atoms with E-state index >= 15 is 0 Å². The third-order valence-corrected chi connectivity index (χ3v) is 4.17. The highest BCUT2D eigenvalue weighted by Gasteiger charge is 2.18. The minimum Gasteiger partial charge on any atom is -0.469 e. The number of aromatic nitrogens is 1. The van der Waals surface area contributed by atoms with Crippen LogP contribution in [-0.2, 0) is 18.3 Å². The van der Waals surface area contributed by atoms with Crippen LogP contribution >= 0.6 is 11.3 Å². The van der Waals surface area contributed by atoms with Gasteiger partial charge in [-0.1, -0.05) is 20.8 Å². The molecule has 2 aromatic heterocycles. The van der Waals surface area contributed by atoms with Crippen molar-refractivity contribution in [1.29, 1.82) is 0 Å². The molecule has 0 saturated carbocycles. The summed E-state index contributed by atoms with van der Waals surface area (Å²) in [6.07, 6.45) is 4.39. The maximum Gasteiger partial charge on any atom is 0.103 e. The van der Waals surface area contributed by atoms with Gasteiger partial charge in [0.2, 0.25) is 0 Å². The molecule has 2 aromatic rings. The van der Waals surface area contributed by atoms with Crippen LogP contribution in [0.1, 0.15) is 43.7 Å². The predicted octanol–water partition coefficient (Wildman–Crippen LogP) is 3.04. The number of nitrogens with zero attached hydrogens (tertiary/aromatic N) is 1. The summed E-state index contributed by atoms with van der Waals surface area (Å²) in [7, 11) is 0. The molecule has 1 atom stereocenters. The molecule has 3 N–H and O–H groups in total. The van der Waals surface area contributed by atoms with E-state index in [2.05, 4.69) is 31.6 Å². The second-order valence-corrected chi connectivity index (χ2v) is 7.00. The Morgan fingerprint density at radius 2 is 2.25 bits per heavy atom. The molecule has 0 amide bonds. The van der Waals surface area contributed by atoms with Crippen molar-refractivity contribution < 1.29 is 4.42 Å². The fraction of sp³-hybridized carbons (Fsp3) is 0.533. The molecule has 110 valence electrons. The number of hydrogen-bond acceptors (Lipinski definition) is 5. The van der Waals surface area contributed by atoms with Crippen LogP contribution in [-0.4, -0.2) is 11.0 Å². The Labute approximate surface area is 124 Å². The van der Waals surface area contributed by atoms with Crippen LogP contribution in [0.3, 0.4) is 0 Å². The van der Waals surface area contributed by atoms with Crippen LogP contribution in [0, 0.1) is 0 Å². The lowest BCUT2D eigenvalue weighted by Crippen LogP contribution is -2.37. The van der Waals surface area contributed by atoms with E-state index in [9.17, 15) is 0 Å². The minimum atomic E-state index is 0.106. The Kier molecular flexibility index (Phi) is 4.96. The van der Waals surface area contributed by atoms with Crippen molar-refractivity contribution >= 4 is 11.3 Å². The second-order valence-electron chi connectivity index (χ2n) is 6.06. The van der Waals surface area contributed by atoms with Crippen molar-refractivity contribution in [2.45, 2.75) is 51.5 Å². The monoisotopic (exact) mass is 293 g/mol. The zero-order chi connectivity index (χ0) is 14.6. The van der Waals surface area contributed by atoms with Gasteiger partial charge in [-0.15, -0.1) is 11.3 Å². The number of hydrogen-bond donors (Lipinski definition) is 2. The third-order valence-electron chi connectivity index (χ3n) is 3.30. The first-order valence-electron chi connectivity index (χ1n) is 6.92. The summed E-state index contributed by atoms with van der Waals surface area (Å²) in [6, 6.07) is 4.13. The maximum atomic E-state index is 5.65. The van der Waals surface area contributed by atoms with Gasteiger partial charge < -0.3 is 4.42 Å². The minimum absolute atomic E-state index is 0.106. The third kappa shape index (κ3) is 4.16. The zero-order valence-electron chi connectivity index (χ0n) is 12.3. The highest BCUT2D eigenvalue weighted by Crippen LogP contribution is 2.24. The fourth-order valence-electron chi connectivity index (χ4n) is 1.98. The number of rotatable bonds is 6. The molecular weight excluding hydrogens is 270 g/mol. The standard InChI is InChI=1S/C15H23N3OS/c1-15(2,3)13-10-20-14(17-13)9-11(18-16)6-7-12-5-4-8-19-12/h4-5,8,10-11,18H,6-7,9,16H2,1-3H3. The largest absolute Gasteiger partial charge is 0.469 e. The van der Waals surface area contributed by atoms with Gasteiger partial charge in [0, 0.05) is 29.7 Å². The first kappa shape index (κ1) is 15.2. The Morgan fingerprint density at radius 1 is 1.45 bits per heavy atom. The van der Waals surface area contributed by atoms with Crippen molar-refractivity contribution in [3.63, 3.8) is 0 Å². The molecule has 1 unspecified atom stereocenters. The normalized spacial score (nSPS) is 13.6. The molecule has 2 heterocycles. The molecule has 5 heteroatoms. The smallest absolute Gasteiger partial charge is 0.103 e. The summed E-state index contributed by atoms with van der Waals surface area (Å²) >= 11 is 1.71. The van der Waals surface area contributed by atoms with Gasteiger partial charge in [0.1, 0.15) is 5.76 Å². The highest BCUT2D eigenvalue weighted by molar-refractivity contribution is 7.09. The number of nitrogens with one attached hydrogen (secondary N) is 1. The van der Waals surface area contributed by atoms with Crippen molar-refractivity contribution in [2.75, 3.05) is 0 Å². The van der Waals surface area contributed by atoms with E-state index in [4.69, 9.17) is 15.2 Å². The summed E-state index contributed by atoms with van der Waals surface area (Å²) < 4.78 is 5.35. The molecule has 2 rings (SSSR count). The fourth-order valence-corrected chi connectivity index (χ4v) is 3.08. The first-order chi connectivity index (χ1) is 9.49. The Morgan fingerprint density at radius 3 is 2.80 bits per heavy atom. The number of furan rings is 1. The van der Waals surface area contributed by atoms with Gasteiger partial charge in [-0.2, -0.15) is 0 Å². The molecule has 0 radical (unpaired) electrons. The highest BCUT2D eigenvalue weighted by atomic mass is 32.1. The van der Waals surface area contributed by atoms with Gasteiger partial charge in [0.25, 0.3) is 0 Å². The van der Waals surface area contributed by atoms with Crippen LogP contribution in [0.5, 0.6) is 0 Å². The average molecular weight is 293 g/mol. The topological polar surface area (TPSA) is 64.1 Å². The Bertz CT molecular complexity index is 513. The van der Waals surface area contributed by atoms with Gasteiger partial charge in [-0.25, -0.2) is 4.98 Å². The summed E-state index contributed by atoms with van der Waals surface area (Å²) in [5.41, 5.74) is 4.14. The van der Waals surface area contributed by atoms with Gasteiger partial charge in [-0.05, 0) is 18.6 Å². The van der Waals surface area contributed by atoms with Crippen molar-refractivity contribution in [3.05, 3.63) is 40.2 Å². The number of nitrogens with two attached hydrogens (primary N) is 1. The van der Waals surface area contributed by atoms with E-state index in [0.29, 0.717) is 0 Å². The van der Waals surface area contributed by atoms with Crippen molar-refractivity contribution in [1.82, 2.24) is 10.4 Å². The summed E-state index contributed by atoms with van der Waals surface area (Å²) in [6.45, 7) is 6.55. The molecule has 4 nitrogen and oxygen atoms in total. The van der Waals surface area contributed by atoms with Crippen LogP contribution in [0.2, 0.25) is 0 Å². The lowest BCUT2D eigenvalue weighted by atomic mass is 9.93. The zero-order valence-corrected chi connectivity index (χ0v) is 13.2. The summed E-state index contributed by atoms with van der Waals surface area (Å²) in [5.74, 6) is 6.65. The van der Waals surface area contributed by atoms with Crippen LogP contribution in [0.25, 0.3) is 0 Å². The molecule has 0 aliphatic carbocycles. The van der Waals surface area contributed by atoms with Crippen LogP contribution in [0.15, 0.2) is 28.2 Å². The van der Waals surface area contributed by atoms with Gasteiger partial charge in [-0.3, -0.25) is 11.3 Å². The second kappa shape index (κ2) is 6.52. The molecule has 0 aliphatic heterocycles.